The lowest BCUT2D eigenvalue weighted by atomic mass is 10.6. The van der Waals surface area contributed by atoms with Crippen LogP contribution >= 0.6 is 0 Å². The molecule has 0 unspecified atom stereocenters. The largest absolute Gasteiger partial charge is 0.416 e. The Bertz CT molecular complexity index is 97.3. The van der Waals surface area contributed by atoms with E-state index in [-0.39, 0.29) is 0 Å². The van der Waals surface area contributed by atoms with Gasteiger partial charge >= 0.3 is 5.97 Å². The maximum atomic E-state index is 5.38. The van der Waals surface area contributed by atoms with Crippen LogP contribution in [0.5, 0.6) is 0 Å². The van der Waals surface area contributed by atoms with Crippen LogP contribution < -0.4 is 0 Å². The normalized spacial score (nSPS) is 13.0. The zero-order chi connectivity index (χ0) is 9.45. The Morgan fingerprint density at radius 2 is 1.58 bits per heavy atom. The van der Waals surface area contributed by atoms with Crippen molar-refractivity contribution in [1.82, 2.24) is 0 Å². The topological polar surface area (TPSA) is 36.9 Å². The van der Waals surface area contributed by atoms with Gasteiger partial charge in [-0.2, -0.15) is 0 Å². The fraction of sp³-hybridized carbons (Fsp3) is 1.00. The molecule has 0 aromatic rings. The van der Waals surface area contributed by atoms with Crippen LogP contribution in [0.3, 0.4) is 0 Å². The first-order chi connectivity index (χ1) is 5.74. The summed E-state index contributed by atoms with van der Waals surface area (Å²) in [5.41, 5.74) is 0. The van der Waals surface area contributed by atoms with Crippen LogP contribution in [0.25, 0.3) is 0 Å². The third-order valence-electron chi connectivity index (χ3n) is 1.56. The third-order valence-corrected chi connectivity index (χ3v) is 2.46. The van der Waals surface area contributed by atoms with E-state index in [2.05, 4.69) is 6.92 Å². The minimum Gasteiger partial charge on any atom is -0.416 e. The fourth-order valence-electron chi connectivity index (χ4n) is 0.768. The average Bonchev–Trinajstić information content (AvgIpc) is 2.14. The summed E-state index contributed by atoms with van der Waals surface area (Å²) in [7, 11) is 4.17. The quantitative estimate of drug-likeness (QED) is 0.328. The van der Waals surface area contributed by atoms with E-state index in [1.165, 1.54) is 21.3 Å². The summed E-state index contributed by atoms with van der Waals surface area (Å²) in [5.74, 6) is -1.01. The van der Waals surface area contributed by atoms with Crippen molar-refractivity contribution in [3.63, 3.8) is 0 Å². The molecule has 0 N–H and O–H groups in total. The van der Waals surface area contributed by atoms with Crippen molar-refractivity contribution in [3.05, 3.63) is 0 Å². The van der Waals surface area contributed by atoms with Gasteiger partial charge in [-0.15, -0.1) is 0 Å². The van der Waals surface area contributed by atoms with Crippen molar-refractivity contribution in [1.29, 1.82) is 0 Å². The van der Waals surface area contributed by atoms with Crippen LogP contribution in [0.2, 0.25) is 6.04 Å². The maximum absolute atomic E-state index is 5.38. The Balaban J connectivity index is 3.76. The second-order valence-corrected chi connectivity index (χ2v) is 4.16. The Morgan fingerprint density at radius 1 is 1.08 bits per heavy atom. The standard InChI is InChI=1S/C7H18O4Si/c1-5-12-11-6-7(8-2,9-3)10-4/h5-6,12H2,1-4H3. The van der Waals surface area contributed by atoms with Gasteiger partial charge in [0.1, 0.15) is 6.61 Å². The summed E-state index contributed by atoms with van der Waals surface area (Å²) in [4.78, 5) is 0. The highest BCUT2D eigenvalue weighted by atomic mass is 28.2. The fourth-order valence-corrected chi connectivity index (χ4v) is 1.45. The SMILES string of the molecule is CC[SiH2]OCC(OC)(OC)OC. The van der Waals surface area contributed by atoms with Crippen molar-refractivity contribution < 1.29 is 18.6 Å². The summed E-state index contributed by atoms with van der Waals surface area (Å²) >= 11 is 0. The highest BCUT2D eigenvalue weighted by Gasteiger charge is 2.29. The van der Waals surface area contributed by atoms with E-state index in [4.69, 9.17) is 18.6 Å². The Hall–Kier alpha value is 0.0569. The number of ether oxygens (including phenoxy) is 3. The van der Waals surface area contributed by atoms with E-state index in [1.807, 2.05) is 0 Å². The van der Waals surface area contributed by atoms with Crippen molar-refractivity contribution in [2.24, 2.45) is 0 Å². The van der Waals surface area contributed by atoms with Gasteiger partial charge in [0.15, 0.2) is 9.76 Å². The molecule has 0 spiro atoms. The molecule has 0 rings (SSSR count). The van der Waals surface area contributed by atoms with Gasteiger partial charge in [-0.05, 0) is 6.04 Å². The number of rotatable bonds is 7. The predicted octanol–water partition coefficient (Wildman–Crippen LogP) is 0.118. The van der Waals surface area contributed by atoms with Crippen molar-refractivity contribution in [2.75, 3.05) is 27.9 Å². The lowest BCUT2D eigenvalue weighted by Crippen LogP contribution is -2.41. The van der Waals surface area contributed by atoms with Crippen molar-refractivity contribution in [2.45, 2.75) is 18.9 Å². The minimum absolute atomic E-state index is 0.344. The van der Waals surface area contributed by atoms with E-state index >= 15 is 0 Å². The van der Waals surface area contributed by atoms with Crippen LogP contribution in [0.4, 0.5) is 0 Å². The molecule has 0 aliphatic carbocycles. The molecule has 0 saturated heterocycles. The molecule has 0 atom stereocenters. The molecule has 12 heavy (non-hydrogen) atoms. The van der Waals surface area contributed by atoms with Crippen molar-refractivity contribution in [3.8, 4) is 0 Å². The molecule has 0 fully saturated rings. The second-order valence-electron chi connectivity index (χ2n) is 2.35. The van der Waals surface area contributed by atoms with Crippen LogP contribution in [0.15, 0.2) is 0 Å². The first-order valence-corrected chi connectivity index (χ1v) is 5.55. The summed E-state index contributed by atoms with van der Waals surface area (Å²) in [6, 6.07) is 1.10. The van der Waals surface area contributed by atoms with Crippen LogP contribution in [0, 0.1) is 0 Å². The highest BCUT2D eigenvalue weighted by Crippen LogP contribution is 2.11. The number of hydrogen-bond donors (Lipinski definition) is 0. The molecule has 5 heteroatoms. The summed E-state index contributed by atoms with van der Waals surface area (Å²) in [5, 5.41) is 0. The van der Waals surface area contributed by atoms with Crippen LogP contribution in [-0.4, -0.2) is 43.7 Å². The zero-order valence-electron chi connectivity index (χ0n) is 8.25. The molecule has 0 aliphatic rings. The zero-order valence-corrected chi connectivity index (χ0v) is 9.67. The van der Waals surface area contributed by atoms with E-state index < -0.39 is 15.7 Å². The van der Waals surface area contributed by atoms with Crippen LogP contribution in [0.1, 0.15) is 6.92 Å². The van der Waals surface area contributed by atoms with E-state index in [9.17, 15) is 0 Å². The molecule has 0 amide bonds. The van der Waals surface area contributed by atoms with Gasteiger partial charge in [0.25, 0.3) is 0 Å². The van der Waals surface area contributed by atoms with E-state index in [0.717, 1.165) is 6.04 Å². The predicted molar refractivity (Wildman–Crippen MR) is 48.7 cm³/mol. The first kappa shape index (κ1) is 12.1. The number of methoxy groups -OCH3 is 3. The van der Waals surface area contributed by atoms with Gasteiger partial charge in [-0.3, -0.25) is 0 Å². The molecule has 0 radical (unpaired) electrons. The van der Waals surface area contributed by atoms with Crippen LogP contribution in [-0.2, 0) is 18.6 Å². The molecule has 0 bridgehead atoms. The second kappa shape index (κ2) is 6.56. The third kappa shape index (κ3) is 3.64. The first-order valence-electron chi connectivity index (χ1n) is 3.98. The average molecular weight is 194 g/mol. The Morgan fingerprint density at radius 3 is 1.92 bits per heavy atom. The van der Waals surface area contributed by atoms with Gasteiger partial charge in [-0.25, -0.2) is 0 Å². The van der Waals surface area contributed by atoms with Crippen molar-refractivity contribution >= 4 is 9.76 Å². The molecule has 0 aliphatic heterocycles. The van der Waals surface area contributed by atoms with Gasteiger partial charge in [0.2, 0.25) is 0 Å². The minimum atomic E-state index is -1.01. The number of hydrogen-bond acceptors (Lipinski definition) is 4. The summed E-state index contributed by atoms with van der Waals surface area (Å²) in [6.07, 6.45) is 0. The van der Waals surface area contributed by atoms with E-state index in [0.29, 0.717) is 6.61 Å². The molecule has 0 heterocycles. The van der Waals surface area contributed by atoms with Gasteiger partial charge in [-0.1, -0.05) is 6.92 Å². The molecule has 0 saturated carbocycles. The monoisotopic (exact) mass is 194 g/mol. The molecule has 4 nitrogen and oxygen atoms in total. The van der Waals surface area contributed by atoms with Gasteiger partial charge in [0, 0.05) is 21.3 Å². The molecular weight excluding hydrogens is 176 g/mol. The summed E-state index contributed by atoms with van der Waals surface area (Å²) in [6.45, 7) is 2.44. The van der Waals surface area contributed by atoms with Gasteiger partial charge < -0.3 is 18.6 Å². The maximum Gasteiger partial charge on any atom is 0.305 e. The van der Waals surface area contributed by atoms with Gasteiger partial charge in [0.05, 0.1) is 0 Å². The molecular formula is C7H18O4Si. The molecule has 0 aromatic heterocycles. The summed E-state index contributed by atoms with van der Waals surface area (Å²) < 4.78 is 20.5. The lowest BCUT2D eigenvalue weighted by molar-refractivity contribution is -0.361. The molecule has 0 aromatic carbocycles. The lowest BCUT2D eigenvalue weighted by Gasteiger charge is -2.28. The highest BCUT2D eigenvalue weighted by molar-refractivity contribution is 6.26. The Kier molecular flexibility index (Phi) is 6.59. The smallest absolute Gasteiger partial charge is 0.305 e. The molecule has 74 valence electrons. The Labute approximate surface area is 76.1 Å². The van der Waals surface area contributed by atoms with E-state index in [1.54, 1.807) is 0 Å².